The third-order valence-corrected chi connectivity index (χ3v) is 9.92. The minimum absolute atomic E-state index is 0.0825. The van der Waals surface area contributed by atoms with E-state index in [4.69, 9.17) is 9.47 Å². The molecule has 0 aliphatic carbocycles. The number of amides is 3. The molecule has 3 aliphatic heterocycles. The topological polar surface area (TPSA) is 125 Å². The predicted octanol–water partition coefficient (Wildman–Crippen LogP) is 4.73. The first-order valence-electron chi connectivity index (χ1n) is 17.3. The van der Waals surface area contributed by atoms with Crippen molar-refractivity contribution in [2.24, 2.45) is 17.3 Å². The van der Waals surface area contributed by atoms with E-state index in [1.54, 1.807) is 24.0 Å². The van der Waals surface area contributed by atoms with Crippen molar-refractivity contribution in [1.29, 1.82) is 0 Å². The molecule has 3 fully saturated rings. The number of likely N-dealkylation sites (tertiary alicyclic amines) is 1. The van der Waals surface area contributed by atoms with Gasteiger partial charge < -0.3 is 29.7 Å². The largest absolute Gasteiger partial charge is 0.455 e. The molecule has 48 heavy (non-hydrogen) atoms. The molecule has 10 nitrogen and oxygen atoms in total. The number of hydrogen-bond donors (Lipinski definition) is 2. The summed E-state index contributed by atoms with van der Waals surface area (Å²) in [5.41, 5.74) is -1.16. The second kappa shape index (κ2) is 14.9. The van der Waals surface area contributed by atoms with E-state index in [9.17, 15) is 24.3 Å². The second-order valence-electron chi connectivity index (χ2n) is 15.4. The molecule has 3 heterocycles. The normalized spacial score (nSPS) is 26.1. The second-order valence-corrected chi connectivity index (χ2v) is 15.4. The average Bonchev–Trinajstić information content (AvgIpc) is 3.66. The Bertz CT molecular complexity index is 1360. The zero-order valence-electron chi connectivity index (χ0n) is 29.6. The lowest BCUT2D eigenvalue weighted by atomic mass is 9.70. The molecular formula is C38H55N3O7. The molecule has 3 amide bonds. The van der Waals surface area contributed by atoms with Crippen LogP contribution in [0, 0.1) is 17.3 Å². The summed E-state index contributed by atoms with van der Waals surface area (Å²) in [5.74, 6) is -3.20. The van der Waals surface area contributed by atoms with Crippen LogP contribution in [-0.4, -0.2) is 87.6 Å². The van der Waals surface area contributed by atoms with Gasteiger partial charge in [0.1, 0.15) is 17.7 Å². The molecule has 0 aromatic heterocycles. The van der Waals surface area contributed by atoms with Crippen LogP contribution in [-0.2, 0) is 28.7 Å². The van der Waals surface area contributed by atoms with Gasteiger partial charge in [0.2, 0.25) is 17.7 Å². The molecule has 1 aromatic rings. The lowest BCUT2D eigenvalue weighted by Crippen LogP contribution is -2.61. The van der Waals surface area contributed by atoms with Crippen LogP contribution in [0.3, 0.4) is 0 Å². The Hall–Kier alpha value is -3.50. The lowest BCUT2D eigenvalue weighted by Gasteiger charge is -2.45. The summed E-state index contributed by atoms with van der Waals surface area (Å²) in [6.45, 7) is 20.1. The first-order chi connectivity index (χ1) is 22.6. The predicted molar refractivity (Wildman–Crippen MR) is 183 cm³/mol. The summed E-state index contributed by atoms with van der Waals surface area (Å²) >= 11 is 0. The standard InChI is InChI=1S/C38H55N3O7/c1-9-11-18-28(43)39-25(3)31(26-16-13-12-14-17-26)47-35(46)29-27-19-20-38(48-27)30(29)33(44)40(22-15-23-42)32(38)34(45)41(21-10-2)37(7,8)24-36(4,5)6/h9-10,12-14,16-17,25,27,29-32,42H,1-2,11,15,18-24H2,3-8H3,(H,39,43)/t25-,27+,29-,30-,31-,32+,38-/m0/s1. The van der Waals surface area contributed by atoms with E-state index in [1.807, 2.05) is 44.2 Å². The van der Waals surface area contributed by atoms with E-state index in [-0.39, 0.29) is 55.7 Å². The number of esters is 1. The van der Waals surface area contributed by atoms with Gasteiger partial charge >= 0.3 is 5.97 Å². The molecule has 3 aliphatic rings. The Balaban J connectivity index is 1.68. The Morgan fingerprint density at radius 3 is 2.46 bits per heavy atom. The van der Waals surface area contributed by atoms with Crippen molar-refractivity contribution >= 4 is 23.7 Å². The van der Waals surface area contributed by atoms with E-state index >= 15 is 0 Å². The van der Waals surface area contributed by atoms with Gasteiger partial charge in [0.15, 0.2) is 0 Å². The lowest BCUT2D eigenvalue weighted by molar-refractivity contribution is -0.162. The number of hydrogen-bond acceptors (Lipinski definition) is 7. The van der Waals surface area contributed by atoms with Crippen LogP contribution in [0.1, 0.15) is 91.7 Å². The number of carbonyl (C=O) groups is 4. The van der Waals surface area contributed by atoms with E-state index in [0.29, 0.717) is 31.2 Å². The number of nitrogens with one attached hydrogen (secondary N) is 1. The number of nitrogens with zero attached hydrogens (tertiary/aromatic N) is 2. The molecule has 1 spiro atoms. The SMILES string of the molecule is C=CCCC(=O)N[C@@H](C)[C@H](OC(=O)[C@@H]1[C@H]2C(=O)N(CCCO)[C@H](C(=O)N(CC=C)C(C)(C)CC(C)(C)C)[C@]23CC[C@H]1O3)c1ccccc1. The minimum atomic E-state index is -1.21. The monoisotopic (exact) mass is 665 g/mol. The van der Waals surface area contributed by atoms with Crippen molar-refractivity contribution in [2.45, 2.75) is 115 Å². The fourth-order valence-electron chi connectivity index (χ4n) is 8.43. The molecule has 0 radical (unpaired) electrons. The van der Waals surface area contributed by atoms with Crippen molar-refractivity contribution in [3.8, 4) is 0 Å². The quantitative estimate of drug-likeness (QED) is 0.193. The van der Waals surface area contributed by atoms with Gasteiger partial charge in [-0.1, -0.05) is 63.3 Å². The summed E-state index contributed by atoms with van der Waals surface area (Å²) in [6, 6.07) is 7.68. The Labute approximate surface area is 285 Å². The van der Waals surface area contributed by atoms with Crippen molar-refractivity contribution in [1.82, 2.24) is 15.1 Å². The molecule has 3 saturated heterocycles. The zero-order valence-corrected chi connectivity index (χ0v) is 29.6. The molecule has 7 atom stereocenters. The molecule has 4 rings (SSSR count). The van der Waals surface area contributed by atoms with E-state index < -0.39 is 53.2 Å². The number of aliphatic hydroxyl groups excluding tert-OH is 1. The number of allylic oxidation sites excluding steroid dienone is 1. The highest BCUT2D eigenvalue weighted by Crippen LogP contribution is 2.59. The summed E-state index contributed by atoms with van der Waals surface area (Å²) in [6.07, 6.45) is 4.67. The number of fused-ring (bicyclic) bond motifs is 1. The van der Waals surface area contributed by atoms with Crippen LogP contribution in [0.2, 0.25) is 0 Å². The third-order valence-electron chi connectivity index (χ3n) is 9.92. The van der Waals surface area contributed by atoms with Crippen LogP contribution in [0.25, 0.3) is 0 Å². The van der Waals surface area contributed by atoms with Crippen molar-refractivity contribution in [2.75, 3.05) is 19.7 Å². The molecule has 1 aromatic carbocycles. The molecule has 0 saturated carbocycles. The van der Waals surface area contributed by atoms with Crippen LogP contribution < -0.4 is 5.32 Å². The van der Waals surface area contributed by atoms with E-state index in [1.165, 1.54) is 4.90 Å². The summed E-state index contributed by atoms with van der Waals surface area (Å²) in [5, 5.41) is 12.7. The highest BCUT2D eigenvalue weighted by Gasteiger charge is 2.75. The molecule has 0 unspecified atom stereocenters. The van der Waals surface area contributed by atoms with Crippen molar-refractivity contribution < 1.29 is 33.8 Å². The maximum atomic E-state index is 14.8. The first kappa shape index (κ1) is 37.3. The first-order valence-corrected chi connectivity index (χ1v) is 17.3. The molecule has 264 valence electrons. The zero-order chi connectivity index (χ0) is 35.4. The van der Waals surface area contributed by atoms with Gasteiger partial charge in [0, 0.05) is 31.7 Å². The van der Waals surface area contributed by atoms with Gasteiger partial charge in [-0.25, -0.2) is 0 Å². The molecule has 2 N–H and O–H groups in total. The van der Waals surface area contributed by atoms with Gasteiger partial charge in [-0.15, -0.1) is 13.2 Å². The number of carbonyl (C=O) groups excluding carboxylic acids is 4. The molecule has 2 bridgehead atoms. The smallest absolute Gasteiger partial charge is 0.313 e. The Morgan fingerprint density at radius 1 is 1.17 bits per heavy atom. The van der Waals surface area contributed by atoms with E-state index in [0.717, 1.165) is 0 Å². The highest BCUT2D eigenvalue weighted by atomic mass is 16.6. The third kappa shape index (κ3) is 7.54. The van der Waals surface area contributed by atoms with Gasteiger partial charge in [0.05, 0.1) is 24.0 Å². The maximum Gasteiger partial charge on any atom is 0.313 e. The van der Waals surface area contributed by atoms with Crippen molar-refractivity contribution in [3.63, 3.8) is 0 Å². The van der Waals surface area contributed by atoms with Crippen LogP contribution in [0.4, 0.5) is 0 Å². The summed E-state index contributed by atoms with van der Waals surface area (Å²) < 4.78 is 12.9. The molecule has 10 heteroatoms. The number of rotatable bonds is 16. The summed E-state index contributed by atoms with van der Waals surface area (Å²) in [4.78, 5) is 59.4. The van der Waals surface area contributed by atoms with Crippen LogP contribution >= 0.6 is 0 Å². The van der Waals surface area contributed by atoms with Gasteiger partial charge in [-0.05, 0) is 63.9 Å². The number of benzene rings is 1. The van der Waals surface area contributed by atoms with Gasteiger partial charge in [-0.2, -0.15) is 0 Å². The molecular weight excluding hydrogens is 610 g/mol. The van der Waals surface area contributed by atoms with E-state index in [2.05, 4.69) is 39.2 Å². The maximum absolute atomic E-state index is 14.8. The van der Waals surface area contributed by atoms with Gasteiger partial charge in [0.25, 0.3) is 0 Å². The van der Waals surface area contributed by atoms with Crippen LogP contribution in [0.15, 0.2) is 55.6 Å². The minimum Gasteiger partial charge on any atom is -0.455 e. The Kier molecular flexibility index (Phi) is 11.6. The Morgan fingerprint density at radius 2 is 1.85 bits per heavy atom. The van der Waals surface area contributed by atoms with Gasteiger partial charge in [-0.3, -0.25) is 19.2 Å². The fourth-order valence-corrected chi connectivity index (χ4v) is 8.43. The summed E-state index contributed by atoms with van der Waals surface area (Å²) in [7, 11) is 0. The van der Waals surface area contributed by atoms with Crippen LogP contribution in [0.5, 0.6) is 0 Å². The van der Waals surface area contributed by atoms with Crippen molar-refractivity contribution in [3.05, 3.63) is 61.2 Å². The highest BCUT2D eigenvalue weighted by molar-refractivity contribution is 5.98. The number of aliphatic hydroxyl groups is 1. The number of ether oxygens (including phenoxy) is 2. The average molecular weight is 666 g/mol. The fraction of sp³-hybridized carbons (Fsp3) is 0.632.